The van der Waals surface area contributed by atoms with Gasteiger partial charge in [0.05, 0.1) is 22.8 Å². The third-order valence-corrected chi connectivity index (χ3v) is 9.01. The standard InChI is InChI=1S/C9H15N.2C7H12N2.2C5H9N3/c1-6-7(2)9(4)10(5)8(6)3;1-5-6(2)9(4)7(3)8-5;1-5-6(2)8-9(4)7(5)3;1-4-6-7-5(2)8(4)3;1-4-5(2)8(3)7-6-4/h1-5H3;2*1-4H3;2*1-3H3. The van der Waals surface area contributed by atoms with Gasteiger partial charge < -0.3 is 13.7 Å². The number of imidazole rings is 1. The Morgan fingerprint density at radius 2 is 0.841 bits per heavy atom. The maximum atomic E-state index is 4.27. The van der Waals surface area contributed by atoms with Gasteiger partial charge in [-0.3, -0.25) is 9.36 Å². The molecule has 5 aromatic rings. The summed E-state index contributed by atoms with van der Waals surface area (Å²) in [5.41, 5.74) is 13.9. The van der Waals surface area contributed by atoms with Crippen LogP contribution in [0.2, 0.25) is 0 Å². The predicted octanol–water partition coefficient (Wildman–Crippen LogP) is 5.81. The minimum atomic E-state index is 0.961. The number of hydrogen-bond acceptors (Lipinski definition) is 6. The van der Waals surface area contributed by atoms with Crippen LogP contribution in [-0.4, -0.2) is 53.7 Å². The average molecular weight is 608 g/mol. The van der Waals surface area contributed by atoms with Crippen LogP contribution in [0.1, 0.15) is 79.7 Å². The number of aromatic nitrogens is 11. The molecule has 244 valence electrons. The highest BCUT2D eigenvalue weighted by Crippen LogP contribution is 2.18. The third kappa shape index (κ3) is 9.49. The minimum absolute atomic E-state index is 0.961. The smallest absolute Gasteiger partial charge is 0.129 e. The molecule has 0 bridgehead atoms. The molecule has 5 aromatic heterocycles. The lowest BCUT2D eigenvalue weighted by molar-refractivity contribution is 0.696. The summed E-state index contributed by atoms with van der Waals surface area (Å²) in [6.07, 6.45) is 0. The molecule has 0 radical (unpaired) electrons. The lowest BCUT2D eigenvalue weighted by Gasteiger charge is -1.98. The second-order valence-electron chi connectivity index (χ2n) is 11.5. The van der Waals surface area contributed by atoms with E-state index in [0.29, 0.717) is 0 Å². The van der Waals surface area contributed by atoms with E-state index in [4.69, 9.17) is 0 Å². The van der Waals surface area contributed by atoms with Crippen molar-refractivity contribution in [2.24, 2.45) is 35.2 Å². The zero-order valence-corrected chi connectivity index (χ0v) is 30.9. The number of nitrogens with zero attached hydrogens (tertiary/aromatic N) is 11. The first-order valence-electron chi connectivity index (χ1n) is 14.9. The molecule has 0 amide bonds. The topological polar surface area (TPSA) is 102 Å². The van der Waals surface area contributed by atoms with Gasteiger partial charge in [-0.2, -0.15) is 5.10 Å². The Bertz CT molecular complexity index is 1390. The molecule has 0 aliphatic rings. The van der Waals surface area contributed by atoms with Crippen molar-refractivity contribution in [2.45, 2.75) is 96.9 Å². The molecule has 0 saturated heterocycles. The van der Waals surface area contributed by atoms with E-state index >= 15 is 0 Å². The Morgan fingerprint density at radius 3 is 0.955 bits per heavy atom. The SMILES string of the molecule is Cc1c(C)c(C)n(C)c1C.Cc1nc(C)n(C)c1C.Cc1nn(C)c(C)c1C.Cc1nnc(C)n1C.Cc1nnn(C)c1C. The zero-order chi connectivity index (χ0) is 34.2. The summed E-state index contributed by atoms with van der Waals surface area (Å²) < 4.78 is 9.94. The second-order valence-corrected chi connectivity index (χ2v) is 11.5. The monoisotopic (exact) mass is 607 g/mol. The van der Waals surface area contributed by atoms with Gasteiger partial charge in [-0.25, -0.2) is 4.98 Å². The van der Waals surface area contributed by atoms with Crippen molar-refractivity contribution < 1.29 is 0 Å². The molecule has 0 aromatic carbocycles. The van der Waals surface area contributed by atoms with Crippen LogP contribution in [0.15, 0.2) is 0 Å². The van der Waals surface area contributed by atoms with Gasteiger partial charge in [-0.15, -0.1) is 15.3 Å². The molecule has 0 aliphatic heterocycles. The number of rotatable bonds is 0. The van der Waals surface area contributed by atoms with Gasteiger partial charge in [0.25, 0.3) is 0 Å². The first-order chi connectivity index (χ1) is 20.2. The van der Waals surface area contributed by atoms with Gasteiger partial charge in [0.15, 0.2) is 0 Å². The molecule has 11 nitrogen and oxygen atoms in total. The van der Waals surface area contributed by atoms with Crippen LogP contribution >= 0.6 is 0 Å². The van der Waals surface area contributed by atoms with Gasteiger partial charge >= 0.3 is 0 Å². The molecular formula is C33H57N11. The minimum Gasteiger partial charge on any atom is -0.352 e. The van der Waals surface area contributed by atoms with Crippen LogP contribution in [-0.2, 0) is 35.2 Å². The Morgan fingerprint density at radius 1 is 0.364 bits per heavy atom. The highest BCUT2D eigenvalue weighted by Gasteiger charge is 2.06. The molecule has 5 rings (SSSR count). The molecule has 0 saturated carbocycles. The van der Waals surface area contributed by atoms with Gasteiger partial charge in [-0.05, 0) is 114 Å². The lowest BCUT2D eigenvalue weighted by atomic mass is 10.2. The van der Waals surface area contributed by atoms with Crippen molar-refractivity contribution >= 4 is 0 Å². The van der Waals surface area contributed by atoms with Gasteiger partial charge in [0, 0.05) is 58.0 Å². The maximum Gasteiger partial charge on any atom is 0.129 e. The molecule has 0 aliphatic carbocycles. The van der Waals surface area contributed by atoms with E-state index in [9.17, 15) is 0 Å². The van der Waals surface area contributed by atoms with Crippen molar-refractivity contribution in [1.82, 2.24) is 53.7 Å². The van der Waals surface area contributed by atoms with E-state index in [1.807, 2.05) is 85.9 Å². The van der Waals surface area contributed by atoms with Crippen molar-refractivity contribution in [2.75, 3.05) is 0 Å². The quantitative estimate of drug-likeness (QED) is 0.220. The fourth-order valence-corrected chi connectivity index (χ4v) is 4.08. The van der Waals surface area contributed by atoms with E-state index in [-0.39, 0.29) is 0 Å². The second kappa shape index (κ2) is 16.2. The van der Waals surface area contributed by atoms with Crippen LogP contribution in [0.25, 0.3) is 0 Å². The maximum absolute atomic E-state index is 4.27. The third-order valence-electron chi connectivity index (χ3n) is 9.01. The fourth-order valence-electron chi connectivity index (χ4n) is 4.08. The molecule has 44 heavy (non-hydrogen) atoms. The predicted molar refractivity (Wildman–Crippen MR) is 180 cm³/mol. The molecule has 0 unspecified atom stereocenters. The summed E-state index contributed by atoms with van der Waals surface area (Å²) in [7, 11) is 9.95. The van der Waals surface area contributed by atoms with E-state index in [2.05, 4.69) is 95.2 Å². The van der Waals surface area contributed by atoms with Gasteiger partial charge in [-0.1, -0.05) is 5.21 Å². The van der Waals surface area contributed by atoms with E-state index in [1.54, 1.807) is 4.68 Å². The molecular weight excluding hydrogens is 550 g/mol. The zero-order valence-electron chi connectivity index (χ0n) is 30.9. The van der Waals surface area contributed by atoms with Crippen LogP contribution in [0.5, 0.6) is 0 Å². The molecule has 0 fully saturated rings. The van der Waals surface area contributed by atoms with Gasteiger partial charge in [0.1, 0.15) is 17.5 Å². The van der Waals surface area contributed by atoms with Crippen LogP contribution < -0.4 is 0 Å². The summed E-state index contributed by atoms with van der Waals surface area (Å²) >= 11 is 0. The van der Waals surface area contributed by atoms with Crippen molar-refractivity contribution in [3.05, 3.63) is 79.7 Å². The largest absolute Gasteiger partial charge is 0.352 e. The summed E-state index contributed by atoms with van der Waals surface area (Å²) in [5.74, 6) is 3.01. The first kappa shape index (κ1) is 38.0. The van der Waals surface area contributed by atoms with E-state index < -0.39 is 0 Å². The normalized spacial score (nSPS) is 10.2. The summed E-state index contributed by atoms with van der Waals surface area (Å²) in [6, 6.07) is 0. The fraction of sp³-hybridized carbons (Fsp3) is 0.576. The molecule has 5 heterocycles. The van der Waals surface area contributed by atoms with Crippen LogP contribution in [0.3, 0.4) is 0 Å². The highest BCUT2D eigenvalue weighted by molar-refractivity contribution is 5.34. The molecule has 11 heteroatoms. The van der Waals surface area contributed by atoms with Crippen molar-refractivity contribution in [1.29, 1.82) is 0 Å². The summed E-state index contributed by atoms with van der Waals surface area (Å²) in [5, 5.41) is 19.5. The Hall–Kier alpha value is -4.02. The first-order valence-corrected chi connectivity index (χ1v) is 14.9. The summed E-state index contributed by atoms with van der Waals surface area (Å²) in [6.45, 7) is 28.8. The summed E-state index contributed by atoms with van der Waals surface area (Å²) in [4.78, 5) is 4.27. The van der Waals surface area contributed by atoms with Crippen LogP contribution in [0.4, 0.5) is 0 Å². The van der Waals surface area contributed by atoms with Crippen LogP contribution in [0, 0.1) is 96.9 Å². The van der Waals surface area contributed by atoms with Gasteiger partial charge in [0.2, 0.25) is 0 Å². The Labute approximate surface area is 265 Å². The number of aryl methyl sites for hydroxylation is 8. The Kier molecular flexibility index (Phi) is 14.0. The lowest BCUT2D eigenvalue weighted by Crippen LogP contribution is -1.92. The molecule has 0 spiro atoms. The van der Waals surface area contributed by atoms with Crippen molar-refractivity contribution in [3.8, 4) is 0 Å². The highest BCUT2D eigenvalue weighted by atomic mass is 15.4. The Balaban J connectivity index is 0.000000276. The number of hydrogen-bond donors (Lipinski definition) is 0. The van der Waals surface area contributed by atoms with Crippen molar-refractivity contribution in [3.63, 3.8) is 0 Å². The molecule has 0 N–H and O–H groups in total. The van der Waals surface area contributed by atoms with E-state index in [1.165, 1.54) is 39.5 Å². The van der Waals surface area contributed by atoms with E-state index in [0.717, 1.165) is 40.2 Å². The molecule has 0 atom stereocenters. The average Bonchev–Trinajstić information content (AvgIpc) is 3.65.